The minimum atomic E-state index is -0.693. The molecule has 8 nitrogen and oxygen atoms in total. The number of aromatic nitrogens is 1. The highest BCUT2D eigenvalue weighted by atomic mass is 32.1. The summed E-state index contributed by atoms with van der Waals surface area (Å²) in [6.45, 7) is 0.964. The Morgan fingerprint density at radius 1 is 1.25 bits per heavy atom. The second kappa shape index (κ2) is 7.37. The molecule has 0 saturated carbocycles. The number of carbonyl (C=O) groups excluding carboxylic acids is 1. The van der Waals surface area contributed by atoms with E-state index in [9.17, 15) is 14.9 Å². The van der Waals surface area contributed by atoms with Crippen LogP contribution in [0.15, 0.2) is 57.9 Å². The van der Waals surface area contributed by atoms with Crippen molar-refractivity contribution >= 4 is 44.1 Å². The molecule has 9 heteroatoms. The van der Waals surface area contributed by atoms with Gasteiger partial charge >= 0.3 is 11.8 Å². The van der Waals surface area contributed by atoms with E-state index in [1.807, 2.05) is 41.0 Å². The molecule has 2 heterocycles. The number of benzene rings is 2. The van der Waals surface area contributed by atoms with Crippen molar-refractivity contribution in [2.24, 2.45) is 4.99 Å². The summed E-state index contributed by atoms with van der Waals surface area (Å²) in [5, 5.41) is 12.9. The van der Waals surface area contributed by atoms with Gasteiger partial charge in [0, 0.05) is 19.0 Å². The fraction of sp³-hybridized carbons (Fsp3) is 0.158. The molecule has 4 aromatic rings. The standard InChI is InChI=1S/C19H15N3O5S/c1-26-11-10-21-14-7-6-12-4-2-3-5-13(12)17(14)28-19(21)20-18(23)15-8-9-16(27-15)22(24)25/h2-9H,10-11H2,1H3. The van der Waals surface area contributed by atoms with Crippen molar-refractivity contribution < 1.29 is 18.9 Å². The van der Waals surface area contributed by atoms with E-state index < -0.39 is 16.7 Å². The Morgan fingerprint density at radius 2 is 2.07 bits per heavy atom. The van der Waals surface area contributed by atoms with Crippen LogP contribution >= 0.6 is 11.3 Å². The number of amides is 1. The van der Waals surface area contributed by atoms with Crippen molar-refractivity contribution in [1.29, 1.82) is 0 Å². The summed E-state index contributed by atoms with van der Waals surface area (Å²) in [7, 11) is 1.61. The molecule has 0 aliphatic heterocycles. The molecule has 0 saturated heterocycles. The summed E-state index contributed by atoms with van der Waals surface area (Å²) in [6, 6.07) is 14.4. The van der Waals surface area contributed by atoms with Crippen LogP contribution < -0.4 is 4.80 Å². The smallest absolute Gasteiger partial charge is 0.395 e. The maximum atomic E-state index is 12.5. The van der Waals surface area contributed by atoms with Crippen molar-refractivity contribution in [2.75, 3.05) is 13.7 Å². The van der Waals surface area contributed by atoms with Crippen LogP contribution in [0, 0.1) is 10.1 Å². The number of fused-ring (bicyclic) bond motifs is 3. The third-order valence-corrected chi connectivity index (χ3v) is 5.40. The number of hydrogen-bond donors (Lipinski definition) is 0. The lowest BCUT2D eigenvalue weighted by Crippen LogP contribution is -2.19. The van der Waals surface area contributed by atoms with Gasteiger partial charge in [-0.3, -0.25) is 14.9 Å². The van der Waals surface area contributed by atoms with E-state index in [1.165, 1.54) is 17.4 Å². The number of hydrogen-bond acceptors (Lipinski definition) is 6. The van der Waals surface area contributed by atoms with E-state index in [1.54, 1.807) is 7.11 Å². The second-order valence-electron chi connectivity index (χ2n) is 5.98. The van der Waals surface area contributed by atoms with Crippen LogP contribution in [0.2, 0.25) is 0 Å². The summed E-state index contributed by atoms with van der Waals surface area (Å²) in [6.07, 6.45) is 0. The average molecular weight is 397 g/mol. The zero-order valence-electron chi connectivity index (χ0n) is 14.8. The van der Waals surface area contributed by atoms with Gasteiger partial charge in [-0.2, -0.15) is 4.99 Å². The molecule has 0 atom stereocenters. The van der Waals surface area contributed by atoms with Crippen LogP contribution in [0.4, 0.5) is 5.88 Å². The largest absolute Gasteiger partial charge is 0.433 e. The van der Waals surface area contributed by atoms with Gasteiger partial charge in [-0.1, -0.05) is 41.7 Å². The second-order valence-corrected chi connectivity index (χ2v) is 6.95. The molecule has 0 bridgehead atoms. The number of ether oxygens (including phenoxy) is 1. The number of nitro groups is 1. The molecule has 0 unspecified atom stereocenters. The molecule has 0 spiro atoms. The summed E-state index contributed by atoms with van der Waals surface area (Å²) in [5.74, 6) is -1.34. The summed E-state index contributed by atoms with van der Waals surface area (Å²) in [5.41, 5.74) is 0.942. The fourth-order valence-corrected chi connectivity index (χ4v) is 4.15. The van der Waals surface area contributed by atoms with Gasteiger partial charge < -0.3 is 13.7 Å². The van der Waals surface area contributed by atoms with Gasteiger partial charge in [-0.05, 0) is 17.5 Å². The molecular weight excluding hydrogens is 382 g/mol. The van der Waals surface area contributed by atoms with Crippen molar-refractivity contribution in [1.82, 2.24) is 4.57 Å². The number of nitrogens with zero attached hydrogens (tertiary/aromatic N) is 3. The lowest BCUT2D eigenvalue weighted by molar-refractivity contribution is -0.402. The molecule has 0 N–H and O–H groups in total. The van der Waals surface area contributed by atoms with E-state index in [2.05, 4.69) is 4.99 Å². The lowest BCUT2D eigenvalue weighted by Gasteiger charge is -2.05. The minimum absolute atomic E-state index is 0.174. The van der Waals surface area contributed by atoms with Crippen molar-refractivity contribution in [2.45, 2.75) is 6.54 Å². The highest BCUT2D eigenvalue weighted by Gasteiger charge is 2.18. The third kappa shape index (κ3) is 3.21. The molecule has 4 rings (SSSR count). The Labute approximate surface area is 162 Å². The zero-order chi connectivity index (χ0) is 19.7. The van der Waals surface area contributed by atoms with Crippen LogP contribution in [0.5, 0.6) is 0 Å². The topological polar surface area (TPSA) is 99.9 Å². The van der Waals surface area contributed by atoms with Crippen LogP contribution in [-0.4, -0.2) is 29.1 Å². The first-order chi connectivity index (χ1) is 13.6. The molecule has 0 radical (unpaired) electrons. The third-order valence-electron chi connectivity index (χ3n) is 4.27. The Bertz CT molecular complexity index is 1270. The molecule has 2 aromatic carbocycles. The number of rotatable bonds is 5. The predicted molar refractivity (Wildman–Crippen MR) is 104 cm³/mol. The predicted octanol–water partition coefficient (Wildman–Crippen LogP) is 3.74. The molecule has 0 aliphatic rings. The summed E-state index contributed by atoms with van der Waals surface area (Å²) < 4.78 is 13.1. The van der Waals surface area contributed by atoms with Gasteiger partial charge in [0.05, 0.1) is 22.9 Å². The summed E-state index contributed by atoms with van der Waals surface area (Å²) in [4.78, 5) is 27.2. The quantitative estimate of drug-likeness (QED) is 0.377. The van der Waals surface area contributed by atoms with Crippen molar-refractivity contribution in [3.05, 3.63) is 69.2 Å². The van der Waals surface area contributed by atoms with E-state index in [4.69, 9.17) is 9.15 Å². The average Bonchev–Trinajstić information content (AvgIpc) is 3.32. The highest BCUT2D eigenvalue weighted by molar-refractivity contribution is 7.17. The fourth-order valence-electron chi connectivity index (χ4n) is 2.97. The van der Waals surface area contributed by atoms with Crippen molar-refractivity contribution in [3.8, 4) is 0 Å². The van der Waals surface area contributed by atoms with Crippen LogP contribution in [-0.2, 0) is 11.3 Å². The van der Waals surface area contributed by atoms with E-state index >= 15 is 0 Å². The van der Waals surface area contributed by atoms with Gasteiger partial charge in [0.15, 0.2) is 4.80 Å². The highest BCUT2D eigenvalue weighted by Crippen LogP contribution is 2.27. The molecule has 0 aliphatic carbocycles. The maximum Gasteiger partial charge on any atom is 0.433 e. The minimum Gasteiger partial charge on any atom is -0.395 e. The number of thiazole rings is 1. The molecule has 1 amide bonds. The number of methoxy groups -OCH3 is 1. The Balaban J connectivity index is 1.88. The van der Waals surface area contributed by atoms with Gasteiger partial charge in [0.2, 0.25) is 5.76 Å². The Hall–Kier alpha value is -3.30. The van der Waals surface area contributed by atoms with E-state index in [0.29, 0.717) is 18.0 Å². The van der Waals surface area contributed by atoms with Gasteiger partial charge in [0.25, 0.3) is 0 Å². The van der Waals surface area contributed by atoms with Gasteiger partial charge in [0.1, 0.15) is 4.92 Å². The SMILES string of the molecule is COCCn1c(=NC(=O)c2ccc([N+](=O)[O-])o2)sc2c3ccccc3ccc21. The van der Waals surface area contributed by atoms with Crippen molar-refractivity contribution in [3.63, 3.8) is 0 Å². The molecule has 28 heavy (non-hydrogen) atoms. The van der Waals surface area contributed by atoms with Crippen LogP contribution in [0.3, 0.4) is 0 Å². The van der Waals surface area contributed by atoms with Crippen LogP contribution in [0.1, 0.15) is 10.6 Å². The molecular formula is C19H15N3O5S. The number of carbonyl (C=O) groups is 1. The monoisotopic (exact) mass is 397 g/mol. The molecule has 142 valence electrons. The molecule has 2 aromatic heterocycles. The zero-order valence-corrected chi connectivity index (χ0v) is 15.6. The number of furan rings is 1. The molecule has 0 fully saturated rings. The first-order valence-corrected chi connectivity index (χ1v) is 9.23. The normalized spacial score (nSPS) is 12.1. The Kier molecular flexibility index (Phi) is 4.76. The van der Waals surface area contributed by atoms with Gasteiger partial charge in [-0.15, -0.1) is 0 Å². The van der Waals surface area contributed by atoms with Crippen LogP contribution in [0.25, 0.3) is 21.0 Å². The maximum absolute atomic E-state index is 12.5. The summed E-state index contributed by atoms with van der Waals surface area (Å²) >= 11 is 1.38. The van der Waals surface area contributed by atoms with Gasteiger partial charge in [-0.25, -0.2) is 0 Å². The first kappa shape index (κ1) is 18.1. The Morgan fingerprint density at radius 3 is 2.82 bits per heavy atom. The lowest BCUT2D eigenvalue weighted by atomic mass is 10.1. The van der Waals surface area contributed by atoms with E-state index in [-0.39, 0.29) is 5.76 Å². The van der Waals surface area contributed by atoms with E-state index in [0.717, 1.165) is 27.1 Å². The first-order valence-electron chi connectivity index (χ1n) is 8.42.